The normalized spacial score (nSPS) is 26.8. The molecule has 0 aliphatic heterocycles. The molecule has 0 bridgehead atoms. The van der Waals surface area contributed by atoms with Crippen molar-refractivity contribution in [3.63, 3.8) is 0 Å². The van der Waals surface area contributed by atoms with Gasteiger partial charge >= 0.3 is 0 Å². The number of ether oxygens (including phenoxy) is 1. The van der Waals surface area contributed by atoms with Crippen LogP contribution in [-0.4, -0.2) is 6.61 Å². The van der Waals surface area contributed by atoms with Gasteiger partial charge in [-0.1, -0.05) is 72.1 Å². The molecule has 33 heavy (non-hydrogen) atoms. The molecule has 0 saturated heterocycles. The minimum Gasteiger partial charge on any atom is -0.487 e. The fraction of sp³-hybridized carbons (Fsp3) is 0.800. The highest BCUT2D eigenvalue weighted by molar-refractivity contribution is 5.33. The van der Waals surface area contributed by atoms with Crippen molar-refractivity contribution in [3.05, 3.63) is 29.3 Å². The van der Waals surface area contributed by atoms with Crippen molar-refractivity contribution in [2.75, 3.05) is 6.61 Å². The van der Waals surface area contributed by atoms with Crippen molar-refractivity contribution < 1.29 is 13.5 Å². The lowest BCUT2D eigenvalue weighted by atomic mass is 9.68. The first-order chi connectivity index (χ1) is 16.0. The lowest BCUT2D eigenvalue weighted by Gasteiger charge is -2.38. The summed E-state index contributed by atoms with van der Waals surface area (Å²) in [4.78, 5) is 0. The van der Waals surface area contributed by atoms with E-state index in [-0.39, 0.29) is 11.7 Å². The van der Waals surface area contributed by atoms with Crippen LogP contribution in [-0.2, 0) is 0 Å². The maximum atomic E-state index is 14.8. The second-order valence-corrected chi connectivity index (χ2v) is 11.3. The molecule has 0 heterocycles. The molecule has 0 aromatic heterocycles. The number of hydrogen-bond donors (Lipinski definition) is 0. The van der Waals surface area contributed by atoms with Crippen LogP contribution in [0.2, 0.25) is 0 Å². The van der Waals surface area contributed by atoms with E-state index in [1.165, 1.54) is 70.6 Å². The van der Waals surface area contributed by atoms with Crippen LogP contribution in [0.15, 0.2) is 12.1 Å². The average Bonchev–Trinajstić information content (AvgIpc) is 2.82. The van der Waals surface area contributed by atoms with Crippen molar-refractivity contribution in [1.29, 1.82) is 0 Å². The van der Waals surface area contributed by atoms with Crippen molar-refractivity contribution in [1.82, 2.24) is 0 Å². The summed E-state index contributed by atoms with van der Waals surface area (Å²) in [7, 11) is 0. The Balaban J connectivity index is 1.46. The highest BCUT2D eigenvalue weighted by atomic mass is 19.1. The maximum Gasteiger partial charge on any atom is 0.190 e. The van der Waals surface area contributed by atoms with Crippen molar-refractivity contribution in [2.45, 2.75) is 123 Å². The molecule has 2 aliphatic rings. The zero-order valence-electron chi connectivity index (χ0n) is 21.5. The Bertz CT molecular complexity index is 664. The molecule has 2 fully saturated rings. The van der Waals surface area contributed by atoms with E-state index in [0.717, 1.165) is 49.0 Å². The average molecular weight is 463 g/mol. The molecule has 3 rings (SSSR count). The zero-order chi connectivity index (χ0) is 23.6. The van der Waals surface area contributed by atoms with Gasteiger partial charge in [0, 0.05) is 0 Å². The first-order valence-corrected chi connectivity index (χ1v) is 14.1. The van der Waals surface area contributed by atoms with Crippen LogP contribution in [0.5, 0.6) is 5.75 Å². The number of unbranched alkanes of at least 4 members (excludes halogenated alkanes) is 3. The maximum absolute atomic E-state index is 14.8. The number of halogens is 2. The van der Waals surface area contributed by atoms with E-state index in [4.69, 9.17) is 4.74 Å². The third kappa shape index (κ3) is 7.96. The fourth-order valence-electron chi connectivity index (χ4n) is 6.46. The highest BCUT2D eigenvalue weighted by Crippen LogP contribution is 2.45. The second kappa shape index (κ2) is 13.7. The summed E-state index contributed by atoms with van der Waals surface area (Å²) in [5.41, 5.74) is 0.829. The number of benzene rings is 1. The van der Waals surface area contributed by atoms with Gasteiger partial charge in [-0.2, -0.15) is 0 Å². The molecule has 0 amide bonds. The van der Waals surface area contributed by atoms with E-state index < -0.39 is 11.6 Å². The molecule has 1 aromatic carbocycles. The molecule has 1 unspecified atom stereocenters. The van der Waals surface area contributed by atoms with Gasteiger partial charge < -0.3 is 4.74 Å². The standard InChI is InChI=1S/C30H48F2O/c1-4-6-7-8-10-22(3)21-33-30-28(31)19-27(20-29(30)32)26-17-15-25(16-18-26)24-13-11-23(9-5-2)12-14-24/h19-20,22-26H,4-18,21H2,1-3H3. The van der Waals surface area contributed by atoms with Gasteiger partial charge in [-0.15, -0.1) is 0 Å². The summed E-state index contributed by atoms with van der Waals surface area (Å²) in [5, 5.41) is 0. The lowest BCUT2D eigenvalue weighted by Crippen LogP contribution is -2.25. The largest absolute Gasteiger partial charge is 0.487 e. The van der Waals surface area contributed by atoms with Gasteiger partial charge in [0.1, 0.15) is 0 Å². The Kier molecular flexibility index (Phi) is 11.0. The highest BCUT2D eigenvalue weighted by Gasteiger charge is 2.31. The van der Waals surface area contributed by atoms with Crippen molar-refractivity contribution >= 4 is 0 Å². The van der Waals surface area contributed by atoms with E-state index >= 15 is 0 Å². The summed E-state index contributed by atoms with van der Waals surface area (Å²) in [6.45, 7) is 6.98. The van der Waals surface area contributed by atoms with Gasteiger partial charge in [0.25, 0.3) is 0 Å². The Morgan fingerprint density at radius 1 is 0.818 bits per heavy atom. The van der Waals surface area contributed by atoms with E-state index in [1.54, 1.807) is 12.1 Å². The van der Waals surface area contributed by atoms with Crippen LogP contribution >= 0.6 is 0 Å². The van der Waals surface area contributed by atoms with Gasteiger partial charge in [-0.3, -0.25) is 0 Å². The van der Waals surface area contributed by atoms with Gasteiger partial charge in [0.05, 0.1) is 6.61 Å². The smallest absolute Gasteiger partial charge is 0.190 e. The van der Waals surface area contributed by atoms with E-state index in [1.807, 2.05) is 0 Å². The summed E-state index contributed by atoms with van der Waals surface area (Å²) < 4.78 is 35.1. The Hall–Kier alpha value is -1.12. The second-order valence-electron chi connectivity index (χ2n) is 11.3. The fourth-order valence-corrected chi connectivity index (χ4v) is 6.46. The van der Waals surface area contributed by atoms with Crippen LogP contribution in [0.25, 0.3) is 0 Å². The van der Waals surface area contributed by atoms with Crippen molar-refractivity contribution in [3.8, 4) is 5.75 Å². The third-order valence-corrected chi connectivity index (χ3v) is 8.58. The van der Waals surface area contributed by atoms with Crippen LogP contribution in [0.3, 0.4) is 0 Å². The Morgan fingerprint density at radius 3 is 2.00 bits per heavy atom. The van der Waals surface area contributed by atoms with E-state index in [2.05, 4.69) is 20.8 Å². The Morgan fingerprint density at radius 2 is 1.42 bits per heavy atom. The number of hydrogen-bond acceptors (Lipinski definition) is 1. The minimum absolute atomic E-state index is 0.184. The lowest BCUT2D eigenvalue weighted by molar-refractivity contribution is 0.156. The number of rotatable bonds is 12. The molecule has 0 radical (unpaired) electrons. The minimum atomic E-state index is -0.528. The molecule has 2 aliphatic carbocycles. The zero-order valence-corrected chi connectivity index (χ0v) is 21.5. The summed E-state index contributed by atoms with van der Waals surface area (Å²) >= 11 is 0. The predicted octanol–water partition coefficient (Wildman–Crippen LogP) is 9.83. The molecule has 188 valence electrons. The molecular weight excluding hydrogens is 414 g/mol. The van der Waals surface area contributed by atoms with Gasteiger partial charge in [-0.25, -0.2) is 8.78 Å². The quantitative estimate of drug-likeness (QED) is 0.281. The van der Waals surface area contributed by atoms with Crippen LogP contribution in [0.1, 0.15) is 129 Å². The summed E-state index contributed by atoms with van der Waals surface area (Å²) in [6.07, 6.45) is 18.8. The molecular formula is C30H48F2O. The topological polar surface area (TPSA) is 9.23 Å². The van der Waals surface area contributed by atoms with E-state index in [9.17, 15) is 8.78 Å². The van der Waals surface area contributed by atoms with Gasteiger partial charge in [0.15, 0.2) is 17.4 Å². The summed E-state index contributed by atoms with van der Waals surface area (Å²) in [6, 6.07) is 3.09. The molecule has 1 nitrogen and oxygen atoms in total. The molecule has 2 saturated carbocycles. The molecule has 0 spiro atoms. The van der Waals surface area contributed by atoms with Crippen LogP contribution in [0.4, 0.5) is 8.78 Å². The third-order valence-electron chi connectivity index (χ3n) is 8.58. The Labute approximate surface area is 202 Å². The first kappa shape index (κ1) is 26.5. The van der Waals surface area contributed by atoms with Crippen LogP contribution in [0, 0.1) is 35.3 Å². The molecule has 0 N–H and O–H groups in total. The molecule has 3 heteroatoms. The monoisotopic (exact) mass is 462 g/mol. The van der Waals surface area contributed by atoms with E-state index in [0.29, 0.717) is 12.5 Å². The van der Waals surface area contributed by atoms with Gasteiger partial charge in [0.2, 0.25) is 0 Å². The van der Waals surface area contributed by atoms with Gasteiger partial charge in [-0.05, 0) is 92.2 Å². The first-order valence-electron chi connectivity index (χ1n) is 14.1. The SMILES string of the molecule is CCCCCCC(C)COc1c(F)cc(C2CCC(C3CCC(CCC)CC3)CC2)cc1F. The predicted molar refractivity (Wildman–Crippen MR) is 135 cm³/mol. The van der Waals surface area contributed by atoms with Crippen LogP contribution < -0.4 is 4.74 Å². The molecule has 1 atom stereocenters. The summed E-state index contributed by atoms with van der Waals surface area (Å²) in [5.74, 6) is 2.02. The molecule has 1 aromatic rings. The van der Waals surface area contributed by atoms with Crippen molar-refractivity contribution in [2.24, 2.45) is 23.7 Å².